The normalized spacial score (nSPS) is 15.2. The van der Waals surface area contributed by atoms with Gasteiger partial charge in [-0.3, -0.25) is 9.52 Å². The smallest absolute Gasteiger partial charge is 0.271 e. The van der Waals surface area contributed by atoms with Crippen LogP contribution in [-0.4, -0.2) is 32.3 Å². The predicted octanol–water partition coefficient (Wildman–Crippen LogP) is 3.79. The monoisotopic (exact) mass is 378 g/mol. The Morgan fingerprint density at radius 2 is 1.68 bits per heavy atom. The van der Waals surface area contributed by atoms with E-state index >= 15 is 0 Å². The van der Waals surface area contributed by atoms with Gasteiger partial charge in [-0.15, -0.1) is 11.3 Å². The average Bonchev–Trinajstić information content (AvgIpc) is 3.04. The van der Waals surface area contributed by atoms with Crippen molar-refractivity contribution in [3.63, 3.8) is 0 Å². The van der Waals surface area contributed by atoms with Crippen LogP contribution in [0.1, 0.15) is 40.7 Å². The van der Waals surface area contributed by atoms with Gasteiger partial charge in [0.25, 0.3) is 15.9 Å². The second-order valence-electron chi connectivity index (χ2n) is 6.49. The van der Waals surface area contributed by atoms with E-state index in [1.165, 1.54) is 6.07 Å². The number of carbonyl (C=O) groups is 1. The number of piperidine rings is 1. The van der Waals surface area contributed by atoms with E-state index in [4.69, 9.17) is 0 Å². The van der Waals surface area contributed by atoms with Gasteiger partial charge in [0.1, 0.15) is 4.21 Å². The first kappa shape index (κ1) is 17.9. The molecule has 0 bridgehead atoms. The fraction of sp³-hybridized carbons (Fsp3) is 0.389. The van der Waals surface area contributed by atoms with Gasteiger partial charge < -0.3 is 4.90 Å². The summed E-state index contributed by atoms with van der Waals surface area (Å²) in [6.07, 6.45) is 3.16. The van der Waals surface area contributed by atoms with Crippen LogP contribution in [0.5, 0.6) is 0 Å². The highest BCUT2D eigenvalue weighted by atomic mass is 32.2. The zero-order valence-corrected chi connectivity index (χ0v) is 16.0. The summed E-state index contributed by atoms with van der Waals surface area (Å²) in [6, 6.07) is 7.04. The van der Waals surface area contributed by atoms with Crippen molar-refractivity contribution in [2.75, 3.05) is 17.8 Å². The third-order valence-electron chi connectivity index (χ3n) is 4.20. The van der Waals surface area contributed by atoms with E-state index in [1.807, 2.05) is 19.9 Å². The number of rotatable bonds is 4. The van der Waals surface area contributed by atoms with Crippen LogP contribution in [0.3, 0.4) is 0 Å². The van der Waals surface area contributed by atoms with E-state index in [9.17, 15) is 13.2 Å². The van der Waals surface area contributed by atoms with E-state index in [1.54, 1.807) is 22.4 Å². The number of thiophene rings is 1. The van der Waals surface area contributed by atoms with Gasteiger partial charge in [-0.2, -0.15) is 0 Å². The molecule has 0 radical (unpaired) electrons. The highest BCUT2D eigenvalue weighted by Crippen LogP contribution is 2.25. The summed E-state index contributed by atoms with van der Waals surface area (Å²) in [7, 11) is -3.69. The van der Waals surface area contributed by atoms with Crippen LogP contribution in [0.2, 0.25) is 0 Å². The average molecular weight is 379 g/mol. The number of benzene rings is 1. The number of sulfonamides is 1. The number of anilines is 1. The fourth-order valence-electron chi connectivity index (χ4n) is 3.09. The van der Waals surface area contributed by atoms with Gasteiger partial charge in [-0.1, -0.05) is 6.07 Å². The molecule has 1 amide bonds. The first-order chi connectivity index (χ1) is 11.8. The quantitative estimate of drug-likeness (QED) is 0.880. The molecule has 1 aliphatic rings. The lowest BCUT2D eigenvalue weighted by atomic mass is 10.1. The van der Waals surface area contributed by atoms with Crippen LogP contribution >= 0.6 is 11.3 Å². The van der Waals surface area contributed by atoms with Crippen molar-refractivity contribution in [3.8, 4) is 0 Å². The van der Waals surface area contributed by atoms with Crippen LogP contribution in [0, 0.1) is 13.8 Å². The topological polar surface area (TPSA) is 66.5 Å². The molecule has 0 atom stereocenters. The molecular weight excluding hydrogens is 356 g/mol. The Morgan fingerprint density at radius 1 is 1.04 bits per heavy atom. The van der Waals surface area contributed by atoms with Crippen molar-refractivity contribution in [3.05, 3.63) is 46.3 Å². The molecule has 1 aromatic heterocycles. The summed E-state index contributed by atoms with van der Waals surface area (Å²) >= 11 is 1.08. The minimum absolute atomic E-state index is 0.0798. The van der Waals surface area contributed by atoms with Crippen molar-refractivity contribution in [1.29, 1.82) is 0 Å². The minimum atomic E-state index is -3.69. The van der Waals surface area contributed by atoms with E-state index in [0.29, 0.717) is 11.3 Å². The van der Waals surface area contributed by atoms with Crippen LogP contribution in [0.4, 0.5) is 5.69 Å². The first-order valence-corrected chi connectivity index (χ1v) is 10.7. The number of hydrogen-bond donors (Lipinski definition) is 1. The van der Waals surface area contributed by atoms with Crippen molar-refractivity contribution >= 4 is 33.0 Å². The lowest BCUT2D eigenvalue weighted by Gasteiger charge is -2.26. The van der Waals surface area contributed by atoms with Crippen molar-refractivity contribution in [1.82, 2.24) is 4.90 Å². The molecule has 0 unspecified atom stereocenters. The number of amides is 1. The second kappa shape index (κ2) is 7.17. The molecule has 1 aromatic carbocycles. The Hall–Kier alpha value is -1.86. The van der Waals surface area contributed by atoms with E-state index < -0.39 is 10.0 Å². The first-order valence-electron chi connectivity index (χ1n) is 8.34. The number of nitrogens with zero attached hydrogens (tertiary/aromatic N) is 1. The third kappa shape index (κ3) is 4.22. The number of nitrogens with one attached hydrogen (secondary N) is 1. The molecule has 2 aromatic rings. The summed E-state index contributed by atoms with van der Waals surface area (Å²) in [4.78, 5) is 14.3. The van der Waals surface area contributed by atoms with Crippen molar-refractivity contribution < 1.29 is 13.2 Å². The van der Waals surface area contributed by atoms with Crippen LogP contribution < -0.4 is 4.72 Å². The number of hydrogen-bond acceptors (Lipinski definition) is 4. The van der Waals surface area contributed by atoms with Gasteiger partial charge >= 0.3 is 0 Å². The Morgan fingerprint density at radius 3 is 2.32 bits per heavy atom. The number of aryl methyl sites for hydroxylation is 2. The van der Waals surface area contributed by atoms with Gasteiger partial charge in [0, 0.05) is 24.2 Å². The summed E-state index contributed by atoms with van der Waals surface area (Å²) < 4.78 is 28.0. The Labute approximate surface area is 152 Å². The fourth-order valence-corrected chi connectivity index (χ4v) is 5.28. The SMILES string of the molecule is Cc1cc(C)cc(NS(=O)(=O)c2cc(C(=O)N3CCCCC3)cs2)c1. The summed E-state index contributed by atoms with van der Waals surface area (Å²) in [5.41, 5.74) is 2.97. The number of carbonyl (C=O) groups excluding carboxylic acids is 1. The summed E-state index contributed by atoms with van der Waals surface area (Å²) in [5, 5.41) is 1.63. The van der Waals surface area contributed by atoms with Crippen LogP contribution in [0.15, 0.2) is 33.9 Å². The maximum atomic E-state index is 12.6. The maximum absolute atomic E-state index is 12.6. The molecule has 5 nitrogen and oxygen atoms in total. The van der Waals surface area contributed by atoms with Gasteiger partial charge in [0.15, 0.2) is 0 Å². The maximum Gasteiger partial charge on any atom is 0.271 e. The molecule has 134 valence electrons. The molecule has 1 saturated heterocycles. The standard InChI is InChI=1S/C18H22N2O3S2/c1-13-8-14(2)10-16(9-13)19-25(22,23)17-11-15(12-24-17)18(21)20-6-4-3-5-7-20/h8-12,19H,3-7H2,1-2H3. The van der Waals surface area contributed by atoms with Gasteiger partial charge in [-0.05, 0) is 62.4 Å². The van der Waals surface area contributed by atoms with Crippen LogP contribution in [-0.2, 0) is 10.0 Å². The zero-order chi connectivity index (χ0) is 18.0. The molecule has 0 aliphatic carbocycles. The Balaban J connectivity index is 1.79. The molecule has 3 rings (SSSR count). The van der Waals surface area contributed by atoms with E-state index in [-0.39, 0.29) is 10.1 Å². The number of likely N-dealkylation sites (tertiary alicyclic amines) is 1. The molecule has 0 spiro atoms. The minimum Gasteiger partial charge on any atom is -0.339 e. The Kier molecular flexibility index (Phi) is 5.15. The second-order valence-corrected chi connectivity index (χ2v) is 9.31. The molecule has 2 heterocycles. The van der Waals surface area contributed by atoms with Crippen molar-refractivity contribution in [2.24, 2.45) is 0 Å². The molecule has 1 N–H and O–H groups in total. The summed E-state index contributed by atoms with van der Waals surface area (Å²) in [6.45, 7) is 5.34. The summed E-state index contributed by atoms with van der Waals surface area (Å²) in [5.74, 6) is -0.0798. The van der Waals surface area contributed by atoms with Gasteiger partial charge in [-0.25, -0.2) is 8.42 Å². The largest absolute Gasteiger partial charge is 0.339 e. The third-order valence-corrected chi connectivity index (χ3v) is 7.03. The molecule has 0 saturated carbocycles. The van der Waals surface area contributed by atoms with Crippen molar-refractivity contribution in [2.45, 2.75) is 37.3 Å². The zero-order valence-electron chi connectivity index (χ0n) is 14.4. The highest BCUT2D eigenvalue weighted by Gasteiger charge is 2.23. The predicted molar refractivity (Wildman–Crippen MR) is 101 cm³/mol. The molecular formula is C18H22N2O3S2. The lowest BCUT2D eigenvalue weighted by molar-refractivity contribution is 0.0725. The van der Waals surface area contributed by atoms with Gasteiger partial charge in [0.2, 0.25) is 0 Å². The van der Waals surface area contributed by atoms with E-state index in [2.05, 4.69) is 4.72 Å². The Bertz CT molecular complexity index is 861. The molecule has 1 aliphatic heterocycles. The lowest BCUT2D eigenvalue weighted by Crippen LogP contribution is -2.35. The molecule has 25 heavy (non-hydrogen) atoms. The molecule has 7 heteroatoms. The van der Waals surface area contributed by atoms with E-state index in [0.717, 1.165) is 54.8 Å². The van der Waals surface area contributed by atoms with Crippen LogP contribution in [0.25, 0.3) is 0 Å². The molecule has 1 fully saturated rings. The van der Waals surface area contributed by atoms with Gasteiger partial charge in [0.05, 0.1) is 5.56 Å². The highest BCUT2D eigenvalue weighted by molar-refractivity contribution is 7.94.